The van der Waals surface area contributed by atoms with Crippen LogP contribution < -0.4 is 4.74 Å². The highest BCUT2D eigenvalue weighted by molar-refractivity contribution is 5.80. The summed E-state index contributed by atoms with van der Waals surface area (Å²) in [6.45, 7) is 5.94. The van der Waals surface area contributed by atoms with E-state index < -0.39 is 23.8 Å². The van der Waals surface area contributed by atoms with Crippen LogP contribution in [0.5, 0.6) is 5.75 Å². The molecule has 0 bridgehead atoms. The lowest BCUT2D eigenvalue weighted by molar-refractivity contribution is -0.140. The summed E-state index contributed by atoms with van der Waals surface area (Å²) in [5.74, 6) is -2.89. The van der Waals surface area contributed by atoms with Gasteiger partial charge in [0.2, 0.25) is 0 Å². The molecule has 0 fully saturated rings. The van der Waals surface area contributed by atoms with Crippen molar-refractivity contribution in [1.29, 1.82) is 0 Å². The van der Waals surface area contributed by atoms with Crippen LogP contribution in [0.25, 0.3) is 0 Å². The van der Waals surface area contributed by atoms with Gasteiger partial charge in [0.1, 0.15) is 5.75 Å². The van der Waals surface area contributed by atoms with E-state index in [2.05, 4.69) is 6.92 Å². The van der Waals surface area contributed by atoms with Crippen LogP contribution in [0.15, 0.2) is 18.2 Å². The molecule has 0 aliphatic heterocycles. The highest BCUT2D eigenvalue weighted by Gasteiger charge is 2.24. The number of hydrogen-bond acceptors (Lipinski definition) is 3. The first-order valence-electron chi connectivity index (χ1n) is 10.1. The smallest absolute Gasteiger partial charge is 0.310 e. The molecule has 0 saturated carbocycles. The predicted molar refractivity (Wildman–Crippen MR) is 107 cm³/mol. The second-order valence-electron chi connectivity index (χ2n) is 7.23. The Kier molecular flexibility index (Phi) is 10.5. The number of carboxylic acid groups (broad SMARTS) is 2. The summed E-state index contributed by atoms with van der Waals surface area (Å²) in [6.07, 6.45) is 9.76. The van der Waals surface area contributed by atoms with Gasteiger partial charge < -0.3 is 14.9 Å². The fourth-order valence-electron chi connectivity index (χ4n) is 3.10. The normalized spacial score (nSPS) is 13.1. The van der Waals surface area contributed by atoms with Gasteiger partial charge in [0.05, 0.1) is 18.4 Å². The molecule has 0 amide bonds. The molecular formula is C22H34O5. The van der Waals surface area contributed by atoms with Crippen LogP contribution in [0.4, 0.5) is 0 Å². The number of ether oxygens (including phenoxy) is 1. The Balaban J connectivity index is 2.58. The Morgan fingerprint density at radius 3 is 1.93 bits per heavy atom. The Morgan fingerprint density at radius 2 is 1.37 bits per heavy atom. The molecule has 0 aliphatic carbocycles. The van der Waals surface area contributed by atoms with E-state index in [0.29, 0.717) is 23.5 Å². The van der Waals surface area contributed by atoms with E-state index in [1.807, 2.05) is 0 Å². The van der Waals surface area contributed by atoms with E-state index in [-0.39, 0.29) is 0 Å². The molecule has 0 spiro atoms. The fourth-order valence-corrected chi connectivity index (χ4v) is 3.10. The standard InChI is InChI=1S/C22H34O5/c1-4-5-6-7-8-9-10-11-14-27-18-12-13-19(16(2)21(23)24)20(15-18)17(3)22(25)26/h12-13,15-17H,4-11,14H2,1-3H3,(H,23,24)(H,25,26). The third kappa shape index (κ3) is 8.02. The maximum Gasteiger partial charge on any atom is 0.310 e. The maximum atomic E-state index is 11.4. The maximum absolute atomic E-state index is 11.4. The lowest BCUT2D eigenvalue weighted by Gasteiger charge is -2.18. The molecular weight excluding hydrogens is 344 g/mol. The average Bonchev–Trinajstić information content (AvgIpc) is 2.65. The third-order valence-electron chi connectivity index (χ3n) is 5.00. The van der Waals surface area contributed by atoms with Crippen molar-refractivity contribution in [2.45, 2.75) is 84.0 Å². The Bertz CT molecular complexity index is 596. The largest absolute Gasteiger partial charge is 0.494 e. The molecule has 2 N–H and O–H groups in total. The van der Waals surface area contributed by atoms with Crippen molar-refractivity contribution < 1.29 is 24.5 Å². The molecule has 5 heteroatoms. The van der Waals surface area contributed by atoms with E-state index in [4.69, 9.17) is 4.74 Å². The molecule has 0 aromatic heterocycles. The van der Waals surface area contributed by atoms with Crippen molar-refractivity contribution in [3.63, 3.8) is 0 Å². The van der Waals surface area contributed by atoms with Crippen molar-refractivity contribution >= 4 is 11.9 Å². The summed E-state index contributed by atoms with van der Waals surface area (Å²) in [5, 5.41) is 18.6. The van der Waals surface area contributed by atoms with E-state index in [1.54, 1.807) is 32.0 Å². The number of rotatable bonds is 14. The van der Waals surface area contributed by atoms with Gasteiger partial charge in [-0.05, 0) is 43.5 Å². The minimum absolute atomic E-state index is 0.505. The van der Waals surface area contributed by atoms with Crippen molar-refractivity contribution in [2.75, 3.05) is 6.61 Å². The topological polar surface area (TPSA) is 83.8 Å². The first-order valence-corrected chi connectivity index (χ1v) is 10.1. The summed E-state index contributed by atoms with van der Waals surface area (Å²) in [6, 6.07) is 5.09. The number of unbranched alkanes of at least 4 members (excludes halogenated alkanes) is 7. The first-order chi connectivity index (χ1) is 12.9. The molecule has 0 heterocycles. The van der Waals surface area contributed by atoms with Crippen LogP contribution in [0.1, 0.15) is 95.1 Å². The van der Waals surface area contributed by atoms with Crippen molar-refractivity contribution in [1.82, 2.24) is 0 Å². The molecule has 0 saturated heterocycles. The highest BCUT2D eigenvalue weighted by Crippen LogP contribution is 2.30. The summed E-state index contributed by atoms with van der Waals surface area (Å²) in [5.41, 5.74) is 1.03. The van der Waals surface area contributed by atoms with Gasteiger partial charge in [-0.25, -0.2) is 0 Å². The van der Waals surface area contributed by atoms with E-state index in [1.165, 1.54) is 38.5 Å². The van der Waals surface area contributed by atoms with Crippen LogP contribution >= 0.6 is 0 Å². The van der Waals surface area contributed by atoms with Gasteiger partial charge >= 0.3 is 11.9 Å². The second-order valence-corrected chi connectivity index (χ2v) is 7.23. The quantitative estimate of drug-likeness (QED) is 0.413. The van der Waals surface area contributed by atoms with E-state index in [9.17, 15) is 19.8 Å². The van der Waals surface area contributed by atoms with Gasteiger partial charge in [-0.1, -0.05) is 57.9 Å². The average molecular weight is 379 g/mol. The molecule has 0 aliphatic rings. The zero-order valence-electron chi connectivity index (χ0n) is 16.9. The lowest BCUT2D eigenvalue weighted by atomic mass is 9.89. The zero-order chi connectivity index (χ0) is 20.2. The first kappa shape index (κ1) is 23.0. The number of benzene rings is 1. The Labute approximate surface area is 162 Å². The van der Waals surface area contributed by atoms with Crippen molar-refractivity contribution in [3.8, 4) is 5.75 Å². The van der Waals surface area contributed by atoms with Crippen LogP contribution in [0.2, 0.25) is 0 Å². The summed E-state index contributed by atoms with van der Waals surface area (Å²) in [4.78, 5) is 22.7. The summed E-state index contributed by atoms with van der Waals surface area (Å²) >= 11 is 0. The van der Waals surface area contributed by atoms with E-state index in [0.717, 1.165) is 12.8 Å². The molecule has 27 heavy (non-hydrogen) atoms. The highest BCUT2D eigenvalue weighted by atomic mass is 16.5. The minimum atomic E-state index is -0.978. The number of hydrogen-bond donors (Lipinski definition) is 2. The van der Waals surface area contributed by atoms with Gasteiger partial charge in [-0.3, -0.25) is 9.59 Å². The third-order valence-corrected chi connectivity index (χ3v) is 5.00. The van der Waals surface area contributed by atoms with Crippen LogP contribution in [-0.2, 0) is 9.59 Å². The monoisotopic (exact) mass is 378 g/mol. The molecule has 1 aromatic carbocycles. The van der Waals surface area contributed by atoms with Crippen molar-refractivity contribution in [2.24, 2.45) is 0 Å². The molecule has 0 radical (unpaired) electrons. The van der Waals surface area contributed by atoms with Crippen LogP contribution in [0.3, 0.4) is 0 Å². The molecule has 1 rings (SSSR count). The number of aliphatic carboxylic acids is 2. The van der Waals surface area contributed by atoms with Gasteiger partial charge in [-0.2, -0.15) is 0 Å². The molecule has 2 atom stereocenters. The molecule has 2 unspecified atom stereocenters. The lowest BCUT2D eigenvalue weighted by Crippen LogP contribution is -2.15. The van der Waals surface area contributed by atoms with Crippen LogP contribution in [0, 0.1) is 0 Å². The molecule has 152 valence electrons. The van der Waals surface area contributed by atoms with Gasteiger partial charge in [0.25, 0.3) is 0 Å². The van der Waals surface area contributed by atoms with Crippen LogP contribution in [-0.4, -0.2) is 28.8 Å². The predicted octanol–water partition coefficient (Wildman–Crippen LogP) is 5.58. The Hall–Kier alpha value is -2.04. The van der Waals surface area contributed by atoms with Crippen molar-refractivity contribution in [3.05, 3.63) is 29.3 Å². The zero-order valence-corrected chi connectivity index (χ0v) is 16.9. The van der Waals surface area contributed by atoms with E-state index >= 15 is 0 Å². The van der Waals surface area contributed by atoms with Gasteiger partial charge in [-0.15, -0.1) is 0 Å². The van der Waals surface area contributed by atoms with Gasteiger partial charge in [0, 0.05) is 0 Å². The minimum Gasteiger partial charge on any atom is -0.494 e. The Morgan fingerprint density at radius 1 is 0.852 bits per heavy atom. The molecule has 5 nitrogen and oxygen atoms in total. The van der Waals surface area contributed by atoms with Gasteiger partial charge in [0.15, 0.2) is 0 Å². The second kappa shape index (κ2) is 12.4. The summed E-state index contributed by atoms with van der Waals surface area (Å²) in [7, 11) is 0. The molecule has 1 aromatic rings. The number of carboxylic acids is 2. The number of carbonyl (C=O) groups is 2. The summed E-state index contributed by atoms with van der Waals surface area (Å²) < 4.78 is 5.78. The SMILES string of the molecule is CCCCCCCCCCOc1ccc(C(C)C(=O)O)c(C(C)C(=O)O)c1. The fraction of sp³-hybridized carbons (Fsp3) is 0.636.